The molecule has 588 valence electrons. The molecule has 0 aromatic carbocycles. The Morgan fingerprint density at radius 2 is 0.485 bits per heavy atom. The van der Waals surface area contributed by atoms with Gasteiger partial charge in [0, 0.05) is 25.7 Å². The van der Waals surface area contributed by atoms with Crippen LogP contribution in [0.3, 0.4) is 0 Å². The van der Waals surface area contributed by atoms with Crippen molar-refractivity contribution >= 4 is 39.5 Å². The van der Waals surface area contributed by atoms with Crippen molar-refractivity contribution < 1.29 is 80.2 Å². The van der Waals surface area contributed by atoms with Gasteiger partial charge in [0.15, 0.2) is 12.2 Å². The number of phosphoric ester groups is 2. The number of unbranched alkanes of at least 4 members (excludes halogenated alkanes) is 42. The highest BCUT2D eigenvalue weighted by molar-refractivity contribution is 7.47. The van der Waals surface area contributed by atoms with Crippen molar-refractivity contribution in [2.45, 2.75) is 427 Å². The van der Waals surface area contributed by atoms with Crippen molar-refractivity contribution in [1.82, 2.24) is 0 Å². The fourth-order valence-corrected chi connectivity index (χ4v) is 13.8. The summed E-state index contributed by atoms with van der Waals surface area (Å²) < 4.78 is 68.6. The van der Waals surface area contributed by atoms with Crippen LogP contribution in [0.25, 0.3) is 0 Å². The third-order valence-corrected chi connectivity index (χ3v) is 20.8. The summed E-state index contributed by atoms with van der Waals surface area (Å²) in [6.45, 7) is 14.2. The average molecular weight is 1450 g/mol. The van der Waals surface area contributed by atoms with Crippen molar-refractivity contribution in [3.63, 3.8) is 0 Å². The van der Waals surface area contributed by atoms with Gasteiger partial charge in [-0.2, -0.15) is 0 Å². The van der Waals surface area contributed by atoms with Crippen LogP contribution in [-0.2, 0) is 65.4 Å². The normalized spacial score (nSPS) is 14.3. The lowest BCUT2D eigenvalue weighted by Gasteiger charge is -2.21. The maximum atomic E-state index is 13.1. The Morgan fingerprint density at radius 3 is 0.717 bits per heavy atom. The smallest absolute Gasteiger partial charge is 0.462 e. The highest BCUT2D eigenvalue weighted by Gasteiger charge is 2.30. The predicted molar refractivity (Wildman–Crippen MR) is 404 cm³/mol. The molecular formula is C80H156O17P2. The Bertz CT molecular complexity index is 1940. The standard InChI is InChI=1S/C80H156O17P2/c1-9-73(8)59-51-43-35-27-23-19-14-12-10-11-13-15-21-25-29-37-46-54-62-79(84)96-75(67-91-78(83)61-53-45-38-30-33-41-49-57-71(4)5)68-94-98(86,87)92-64-74(81)65-93-99(88,89)95-69-76(97-80(85)63-55-47-39-31-34-42-50-58-72(6)7)66-90-77(82)60-52-44-36-28-24-20-17-16-18-22-26-32-40-48-56-70(2)3/h70-76,81H,9-69H2,1-8H3,(H,86,87)(H,88,89)/t73?,74?,75-,76-/m1/s1. The number of aliphatic hydroxyl groups is 1. The van der Waals surface area contributed by atoms with Gasteiger partial charge in [0.25, 0.3) is 0 Å². The fourth-order valence-electron chi connectivity index (χ4n) is 12.2. The van der Waals surface area contributed by atoms with Crippen LogP contribution in [0.1, 0.15) is 409 Å². The van der Waals surface area contributed by atoms with E-state index < -0.39 is 97.5 Å². The molecular weight excluding hydrogens is 1290 g/mol. The lowest BCUT2D eigenvalue weighted by atomic mass is 9.99. The molecule has 0 aliphatic heterocycles. The molecule has 0 saturated heterocycles. The van der Waals surface area contributed by atoms with E-state index in [4.69, 9.17) is 37.0 Å². The Balaban J connectivity index is 5.14. The molecule has 0 spiro atoms. The summed E-state index contributed by atoms with van der Waals surface area (Å²) in [5, 5.41) is 10.6. The number of ether oxygens (including phenoxy) is 4. The molecule has 0 radical (unpaired) electrons. The van der Waals surface area contributed by atoms with Crippen LogP contribution in [0.4, 0.5) is 0 Å². The van der Waals surface area contributed by atoms with Crippen molar-refractivity contribution in [2.75, 3.05) is 39.6 Å². The van der Waals surface area contributed by atoms with Gasteiger partial charge < -0.3 is 33.8 Å². The average Bonchev–Trinajstić information content (AvgIpc) is 0.980. The summed E-state index contributed by atoms with van der Waals surface area (Å²) in [6.07, 6.45) is 55.8. The van der Waals surface area contributed by atoms with Gasteiger partial charge in [0.1, 0.15) is 19.3 Å². The fraction of sp³-hybridized carbons (Fsp3) is 0.950. The van der Waals surface area contributed by atoms with Crippen LogP contribution in [-0.4, -0.2) is 96.7 Å². The number of hydrogen-bond acceptors (Lipinski definition) is 15. The molecule has 0 amide bonds. The van der Waals surface area contributed by atoms with Gasteiger partial charge in [-0.15, -0.1) is 0 Å². The van der Waals surface area contributed by atoms with Crippen LogP contribution in [0.15, 0.2) is 0 Å². The first-order chi connectivity index (χ1) is 47.6. The maximum absolute atomic E-state index is 13.1. The van der Waals surface area contributed by atoms with Gasteiger partial charge in [-0.25, -0.2) is 9.13 Å². The zero-order valence-corrected chi connectivity index (χ0v) is 66.9. The lowest BCUT2D eigenvalue weighted by molar-refractivity contribution is -0.161. The SMILES string of the molecule is CCC(C)CCCCCCCCCCCCCCCCCCCCC(=O)O[C@H](COC(=O)CCCCCCCCCC(C)C)COP(=O)(O)OCC(O)COP(=O)(O)OC[C@@H](COC(=O)CCCCCCCCCCCCCCCCC(C)C)OC(=O)CCCCCCCCCC(C)C. The second-order valence-electron chi connectivity index (χ2n) is 30.5. The summed E-state index contributed by atoms with van der Waals surface area (Å²) in [6, 6.07) is 0. The minimum Gasteiger partial charge on any atom is -0.462 e. The molecule has 0 aromatic rings. The second kappa shape index (κ2) is 69.1. The number of carbonyl (C=O) groups excluding carboxylic acids is 4. The van der Waals surface area contributed by atoms with Gasteiger partial charge in [0.05, 0.1) is 26.4 Å². The summed E-state index contributed by atoms with van der Waals surface area (Å²) in [4.78, 5) is 72.9. The first-order valence-electron chi connectivity index (χ1n) is 41.2. The van der Waals surface area contributed by atoms with E-state index in [9.17, 15) is 43.2 Å². The second-order valence-corrected chi connectivity index (χ2v) is 33.4. The number of hydrogen-bond donors (Lipinski definition) is 3. The highest BCUT2D eigenvalue weighted by atomic mass is 31.2. The summed E-state index contributed by atoms with van der Waals surface area (Å²) in [7, 11) is -9.92. The monoisotopic (exact) mass is 1450 g/mol. The topological polar surface area (TPSA) is 237 Å². The Morgan fingerprint density at radius 1 is 0.283 bits per heavy atom. The molecule has 17 nitrogen and oxygen atoms in total. The van der Waals surface area contributed by atoms with E-state index in [-0.39, 0.29) is 25.7 Å². The van der Waals surface area contributed by atoms with E-state index in [1.807, 2.05) is 0 Å². The van der Waals surface area contributed by atoms with Crippen LogP contribution < -0.4 is 0 Å². The van der Waals surface area contributed by atoms with E-state index in [1.54, 1.807) is 0 Å². The van der Waals surface area contributed by atoms with Gasteiger partial charge in [0.2, 0.25) is 0 Å². The Labute approximate surface area is 607 Å². The maximum Gasteiger partial charge on any atom is 0.472 e. The number of carbonyl (C=O) groups is 4. The van der Waals surface area contributed by atoms with Crippen LogP contribution in [0.5, 0.6) is 0 Å². The molecule has 0 aliphatic rings. The van der Waals surface area contributed by atoms with Crippen molar-refractivity contribution in [1.29, 1.82) is 0 Å². The number of esters is 4. The molecule has 3 N–H and O–H groups in total. The summed E-state index contributed by atoms with van der Waals surface area (Å²) >= 11 is 0. The third-order valence-electron chi connectivity index (χ3n) is 18.9. The molecule has 0 fully saturated rings. The zero-order valence-electron chi connectivity index (χ0n) is 65.1. The van der Waals surface area contributed by atoms with E-state index in [2.05, 4.69) is 55.4 Å². The van der Waals surface area contributed by atoms with E-state index in [0.717, 1.165) is 108 Å². The van der Waals surface area contributed by atoms with E-state index >= 15 is 0 Å². The molecule has 0 bridgehead atoms. The van der Waals surface area contributed by atoms with Gasteiger partial charge in [-0.05, 0) is 49.4 Å². The van der Waals surface area contributed by atoms with Crippen molar-refractivity contribution in [2.24, 2.45) is 23.7 Å². The zero-order chi connectivity index (χ0) is 73.1. The lowest BCUT2D eigenvalue weighted by Crippen LogP contribution is -2.30. The molecule has 0 aliphatic carbocycles. The third kappa shape index (κ3) is 72.8. The molecule has 4 unspecified atom stereocenters. The molecule has 0 saturated carbocycles. The highest BCUT2D eigenvalue weighted by Crippen LogP contribution is 2.45. The number of aliphatic hydroxyl groups excluding tert-OH is 1. The van der Waals surface area contributed by atoms with Gasteiger partial charge in [-0.1, -0.05) is 357 Å². The molecule has 0 aromatic heterocycles. The quantitative estimate of drug-likeness (QED) is 0.0222. The van der Waals surface area contributed by atoms with Crippen LogP contribution >= 0.6 is 15.6 Å². The number of rotatable bonds is 77. The molecule has 0 heterocycles. The first-order valence-corrected chi connectivity index (χ1v) is 44.2. The summed E-state index contributed by atoms with van der Waals surface area (Å²) in [5.41, 5.74) is 0. The van der Waals surface area contributed by atoms with E-state index in [1.165, 1.54) is 205 Å². The first kappa shape index (κ1) is 97.1. The minimum atomic E-state index is -4.96. The predicted octanol–water partition coefficient (Wildman–Crippen LogP) is 23.6. The summed E-state index contributed by atoms with van der Waals surface area (Å²) in [5.74, 6) is 0.951. The van der Waals surface area contributed by atoms with E-state index in [0.29, 0.717) is 37.5 Å². The van der Waals surface area contributed by atoms with Crippen molar-refractivity contribution in [3.05, 3.63) is 0 Å². The van der Waals surface area contributed by atoms with Crippen LogP contribution in [0, 0.1) is 23.7 Å². The Kier molecular flexibility index (Phi) is 67.8. The minimum absolute atomic E-state index is 0.103. The Hall–Kier alpha value is -1.94. The van der Waals surface area contributed by atoms with Gasteiger partial charge >= 0.3 is 39.5 Å². The number of phosphoric acid groups is 2. The van der Waals surface area contributed by atoms with Crippen molar-refractivity contribution in [3.8, 4) is 0 Å². The van der Waals surface area contributed by atoms with Gasteiger partial charge in [-0.3, -0.25) is 37.3 Å². The molecule has 0 rings (SSSR count). The van der Waals surface area contributed by atoms with Crippen LogP contribution in [0.2, 0.25) is 0 Å². The molecule has 99 heavy (non-hydrogen) atoms. The molecule has 6 atom stereocenters. The molecule has 19 heteroatoms. The largest absolute Gasteiger partial charge is 0.472 e.